The van der Waals surface area contributed by atoms with Crippen LogP contribution in [0.25, 0.3) is 0 Å². The van der Waals surface area contributed by atoms with Crippen molar-refractivity contribution in [3.63, 3.8) is 0 Å². The number of amides is 2. The molecule has 1 aromatic carbocycles. The quantitative estimate of drug-likeness (QED) is 0.820. The maximum absolute atomic E-state index is 13.0. The molecule has 1 N–H and O–H groups in total. The predicted octanol–water partition coefficient (Wildman–Crippen LogP) is 3.36. The third-order valence-electron chi connectivity index (χ3n) is 6.16. The number of nitrogens with one attached hydrogen (secondary N) is 1. The highest BCUT2D eigenvalue weighted by atomic mass is 19.1. The molecule has 1 aromatic heterocycles. The van der Waals surface area contributed by atoms with Crippen molar-refractivity contribution < 1.29 is 14.0 Å². The van der Waals surface area contributed by atoms with E-state index >= 15 is 0 Å². The highest BCUT2D eigenvalue weighted by Gasteiger charge is 2.33. The fraction of sp³-hybridized carbons (Fsp3) is 0.478. The predicted molar refractivity (Wildman–Crippen MR) is 110 cm³/mol. The van der Waals surface area contributed by atoms with Crippen molar-refractivity contribution in [3.05, 3.63) is 58.9 Å². The number of benzene rings is 1. The number of carbonyl (C=O) groups is 2. The van der Waals surface area contributed by atoms with E-state index in [1.807, 2.05) is 4.90 Å². The molecule has 2 amide bonds. The number of carbonyl (C=O) groups excluding carboxylic acids is 2. The van der Waals surface area contributed by atoms with E-state index < -0.39 is 0 Å². The number of nitrogens with zero attached hydrogens (tertiary/aromatic N) is 3. The van der Waals surface area contributed by atoms with Crippen LogP contribution in [0.15, 0.2) is 30.5 Å². The SMILES string of the molecule is Cc1nc([C@@H]2CCCN(C(=O)C3CCC3)C2)ncc1C(=O)NCc1ccc(F)cc1. The monoisotopic (exact) mass is 410 g/mol. The van der Waals surface area contributed by atoms with Gasteiger partial charge in [0.15, 0.2) is 0 Å². The Hall–Kier alpha value is -2.83. The van der Waals surface area contributed by atoms with E-state index in [0.29, 0.717) is 30.2 Å². The fourth-order valence-corrected chi connectivity index (χ4v) is 4.09. The smallest absolute Gasteiger partial charge is 0.254 e. The van der Waals surface area contributed by atoms with Gasteiger partial charge in [0, 0.05) is 37.7 Å². The van der Waals surface area contributed by atoms with Gasteiger partial charge in [-0.1, -0.05) is 18.6 Å². The first-order valence-electron chi connectivity index (χ1n) is 10.7. The van der Waals surface area contributed by atoms with E-state index in [0.717, 1.165) is 44.2 Å². The Kier molecular flexibility index (Phi) is 6.06. The summed E-state index contributed by atoms with van der Waals surface area (Å²) < 4.78 is 13.0. The summed E-state index contributed by atoms with van der Waals surface area (Å²) in [5, 5.41) is 2.83. The van der Waals surface area contributed by atoms with Crippen LogP contribution in [0.4, 0.5) is 4.39 Å². The van der Waals surface area contributed by atoms with Crippen LogP contribution in [-0.4, -0.2) is 39.8 Å². The first-order chi connectivity index (χ1) is 14.5. The summed E-state index contributed by atoms with van der Waals surface area (Å²) in [5.74, 6) is 0.735. The Morgan fingerprint density at radius 2 is 1.93 bits per heavy atom. The van der Waals surface area contributed by atoms with Gasteiger partial charge in [0.1, 0.15) is 11.6 Å². The van der Waals surface area contributed by atoms with Gasteiger partial charge in [-0.2, -0.15) is 0 Å². The number of hydrogen-bond acceptors (Lipinski definition) is 4. The maximum atomic E-state index is 13.0. The largest absolute Gasteiger partial charge is 0.348 e. The maximum Gasteiger partial charge on any atom is 0.254 e. The summed E-state index contributed by atoms with van der Waals surface area (Å²) in [5.41, 5.74) is 1.87. The zero-order chi connectivity index (χ0) is 21.1. The summed E-state index contributed by atoms with van der Waals surface area (Å²) in [6, 6.07) is 6.02. The number of halogens is 1. The average molecular weight is 410 g/mol. The van der Waals surface area contributed by atoms with Crippen LogP contribution in [0.5, 0.6) is 0 Å². The van der Waals surface area contributed by atoms with Crippen molar-refractivity contribution in [1.29, 1.82) is 0 Å². The average Bonchev–Trinajstić information content (AvgIpc) is 2.72. The molecule has 0 bridgehead atoms. The van der Waals surface area contributed by atoms with E-state index in [9.17, 15) is 14.0 Å². The fourth-order valence-electron chi connectivity index (χ4n) is 4.09. The Morgan fingerprint density at radius 3 is 2.60 bits per heavy atom. The van der Waals surface area contributed by atoms with Gasteiger partial charge in [-0.3, -0.25) is 9.59 Å². The summed E-state index contributed by atoms with van der Waals surface area (Å²) in [4.78, 5) is 36.2. The van der Waals surface area contributed by atoms with E-state index in [2.05, 4.69) is 15.3 Å². The molecule has 1 atom stereocenters. The molecule has 158 valence electrons. The van der Waals surface area contributed by atoms with Gasteiger partial charge in [-0.25, -0.2) is 14.4 Å². The van der Waals surface area contributed by atoms with Crippen molar-refractivity contribution in [2.24, 2.45) is 5.92 Å². The van der Waals surface area contributed by atoms with Crippen LogP contribution >= 0.6 is 0 Å². The molecule has 2 aromatic rings. The standard InChI is InChI=1S/C23H27FN4O2/c1-15-20(22(29)26-12-16-7-9-19(24)10-8-16)13-25-21(27-15)18-6-3-11-28(14-18)23(30)17-4-2-5-17/h7-10,13,17-18H,2-6,11-12,14H2,1H3,(H,26,29)/t18-/m1/s1. The van der Waals surface area contributed by atoms with Crippen molar-refractivity contribution in [3.8, 4) is 0 Å². The first kappa shape index (κ1) is 20.4. The molecule has 0 radical (unpaired) electrons. The van der Waals surface area contributed by atoms with Gasteiger partial charge >= 0.3 is 0 Å². The molecule has 6 nitrogen and oxygen atoms in total. The van der Waals surface area contributed by atoms with Gasteiger partial charge in [0.05, 0.1) is 11.3 Å². The Balaban J connectivity index is 1.38. The zero-order valence-electron chi connectivity index (χ0n) is 17.2. The number of aryl methyl sites for hydroxylation is 1. The second-order valence-corrected chi connectivity index (χ2v) is 8.29. The highest BCUT2D eigenvalue weighted by Crippen LogP contribution is 2.31. The minimum atomic E-state index is -0.305. The van der Waals surface area contributed by atoms with Gasteiger partial charge in [-0.05, 0) is 50.3 Å². The van der Waals surface area contributed by atoms with Crippen molar-refractivity contribution in [2.45, 2.75) is 51.5 Å². The first-order valence-corrected chi connectivity index (χ1v) is 10.7. The molecule has 2 aliphatic rings. The third kappa shape index (κ3) is 4.50. The summed E-state index contributed by atoms with van der Waals surface area (Å²) in [6.45, 7) is 3.58. The molecule has 4 rings (SSSR count). The van der Waals surface area contributed by atoms with Crippen LogP contribution in [-0.2, 0) is 11.3 Å². The van der Waals surface area contributed by atoms with Gasteiger partial charge in [0.2, 0.25) is 5.91 Å². The van der Waals surface area contributed by atoms with E-state index in [1.54, 1.807) is 25.3 Å². The van der Waals surface area contributed by atoms with Gasteiger partial charge < -0.3 is 10.2 Å². The molecular weight excluding hydrogens is 383 g/mol. The minimum absolute atomic E-state index is 0.109. The number of hydrogen-bond donors (Lipinski definition) is 1. The summed E-state index contributed by atoms with van der Waals surface area (Å²) >= 11 is 0. The second kappa shape index (κ2) is 8.90. The molecular formula is C23H27FN4O2. The molecule has 2 heterocycles. The van der Waals surface area contributed by atoms with E-state index in [-0.39, 0.29) is 29.5 Å². The Morgan fingerprint density at radius 1 is 1.17 bits per heavy atom. The van der Waals surface area contributed by atoms with Crippen LogP contribution in [0.3, 0.4) is 0 Å². The molecule has 0 unspecified atom stereocenters. The van der Waals surface area contributed by atoms with Crippen molar-refractivity contribution >= 4 is 11.8 Å². The molecule has 1 aliphatic heterocycles. The topological polar surface area (TPSA) is 75.2 Å². The third-order valence-corrected chi connectivity index (χ3v) is 6.16. The lowest BCUT2D eigenvalue weighted by molar-refractivity contribution is -0.139. The molecule has 1 saturated carbocycles. The minimum Gasteiger partial charge on any atom is -0.348 e. The molecule has 0 spiro atoms. The number of aromatic nitrogens is 2. The van der Waals surface area contributed by atoms with Crippen molar-refractivity contribution in [2.75, 3.05) is 13.1 Å². The molecule has 1 saturated heterocycles. The number of piperidine rings is 1. The summed E-state index contributed by atoms with van der Waals surface area (Å²) in [7, 11) is 0. The summed E-state index contributed by atoms with van der Waals surface area (Å²) in [6.07, 6.45) is 6.65. The molecule has 1 aliphatic carbocycles. The second-order valence-electron chi connectivity index (χ2n) is 8.29. The van der Waals surface area contributed by atoms with E-state index in [1.165, 1.54) is 12.1 Å². The lowest BCUT2D eigenvalue weighted by Crippen LogP contribution is -2.44. The molecule has 30 heavy (non-hydrogen) atoms. The lowest BCUT2D eigenvalue weighted by Gasteiger charge is -2.36. The van der Waals surface area contributed by atoms with Gasteiger partial charge in [0.25, 0.3) is 5.91 Å². The number of rotatable bonds is 5. The molecule has 7 heteroatoms. The van der Waals surface area contributed by atoms with Crippen LogP contribution < -0.4 is 5.32 Å². The molecule has 2 fully saturated rings. The van der Waals surface area contributed by atoms with Gasteiger partial charge in [-0.15, -0.1) is 0 Å². The van der Waals surface area contributed by atoms with Crippen molar-refractivity contribution in [1.82, 2.24) is 20.2 Å². The Labute approximate surface area is 175 Å². The normalized spacial score (nSPS) is 19.3. The van der Waals surface area contributed by atoms with Crippen LogP contribution in [0, 0.1) is 18.7 Å². The van der Waals surface area contributed by atoms with Crippen LogP contribution in [0.2, 0.25) is 0 Å². The number of likely N-dealkylation sites (tertiary alicyclic amines) is 1. The highest BCUT2D eigenvalue weighted by molar-refractivity contribution is 5.94. The zero-order valence-corrected chi connectivity index (χ0v) is 17.2. The lowest BCUT2D eigenvalue weighted by atomic mass is 9.83. The van der Waals surface area contributed by atoms with Crippen LogP contribution in [0.1, 0.15) is 65.5 Å². The van der Waals surface area contributed by atoms with E-state index in [4.69, 9.17) is 0 Å². The Bertz CT molecular complexity index is 927.